The number of hydrogen-bond acceptors (Lipinski definition) is 3. The summed E-state index contributed by atoms with van der Waals surface area (Å²) in [4.78, 5) is 0. The molecule has 3 aromatic rings. The Morgan fingerprint density at radius 3 is 1.20 bits per heavy atom. The van der Waals surface area contributed by atoms with Gasteiger partial charge in [-0.05, 0) is 82.0 Å². The van der Waals surface area contributed by atoms with E-state index in [2.05, 4.69) is 114 Å². The largest absolute Gasteiger partial charge is 0.493 e. The number of hydrogen-bond donors (Lipinski definition) is 0. The van der Waals surface area contributed by atoms with Crippen molar-refractivity contribution in [2.45, 2.75) is 119 Å². The van der Waals surface area contributed by atoms with Crippen LogP contribution in [0.25, 0.3) is 24.3 Å². The van der Waals surface area contributed by atoms with Crippen LogP contribution in [0.2, 0.25) is 0 Å². The average molecular weight is 625 g/mol. The van der Waals surface area contributed by atoms with Crippen molar-refractivity contribution in [3.05, 3.63) is 87.5 Å². The Kier molecular flexibility index (Phi) is 17.2. The van der Waals surface area contributed by atoms with E-state index in [-0.39, 0.29) is 0 Å². The number of unbranched alkanes of at least 4 members (excludes halogenated alkanes) is 9. The van der Waals surface area contributed by atoms with Crippen molar-refractivity contribution in [1.82, 2.24) is 0 Å². The van der Waals surface area contributed by atoms with Crippen molar-refractivity contribution in [3.8, 4) is 17.2 Å². The molecule has 0 saturated carbocycles. The van der Waals surface area contributed by atoms with Gasteiger partial charge in [0, 0.05) is 22.3 Å². The quantitative estimate of drug-likeness (QED) is 0.0822. The molecule has 0 aromatic heterocycles. The number of ether oxygens (including phenoxy) is 3. The molecule has 3 nitrogen and oxygen atoms in total. The molecule has 0 aliphatic carbocycles. The second kappa shape index (κ2) is 21.4. The van der Waals surface area contributed by atoms with E-state index < -0.39 is 0 Å². The zero-order valence-electron chi connectivity index (χ0n) is 29.8. The molecule has 0 unspecified atom stereocenters. The summed E-state index contributed by atoms with van der Waals surface area (Å²) in [6.07, 6.45) is 23.0. The molecule has 0 bridgehead atoms. The van der Waals surface area contributed by atoms with Gasteiger partial charge in [0.05, 0.1) is 19.8 Å². The van der Waals surface area contributed by atoms with E-state index in [1.807, 2.05) is 0 Å². The molecule has 0 spiro atoms. The summed E-state index contributed by atoms with van der Waals surface area (Å²) in [5.74, 6) is 2.81. The first kappa shape index (κ1) is 37.0. The molecule has 0 N–H and O–H groups in total. The topological polar surface area (TPSA) is 27.7 Å². The molecular weight excluding hydrogens is 564 g/mol. The van der Waals surface area contributed by atoms with Crippen LogP contribution < -0.4 is 14.2 Å². The Hall–Kier alpha value is -3.46. The van der Waals surface area contributed by atoms with Gasteiger partial charge in [-0.1, -0.05) is 126 Å². The van der Waals surface area contributed by atoms with Gasteiger partial charge in [-0.15, -0.1) is 0 Å². The van der Waals surface area contributed by atoms with E-state index in [0.717, 1.165) is 72.0 Å². The van der Waals surface area contributed by atoms with Crippen LogP contribution in [0.15, 0.2) is 48.5 Å². The molecule has 250 valence electrons. The van der Waals surface area contributed by atoms with Gasteiger partial charge in [0.15, 0.2) is 0 Å². The van der Waals surface area contributed by atoms with E-state index in [4.69, 9.17) is 14.2 Å². The second-order valence-corrected chi connectivity index (χ2v) is 12.7. The first-order chi connectivity index (χ1) is 22.4. The van der Waals surface area contributed by atoms with Gasteiger partial charge in [-0.25, -0.2) is 0 Å². The van der Waals surface area contributed by atoms with Gasteiger partial charge in [0.25, 0.3) is 0 Å². The Bertz CT molecular complexity index is 1270. The molecule has 0 aliphatic rings. The fourth-order valence-corrected chi connectivity index (χ4v) is 5.59. The first-order valence-corrected chi connectivity index (χ1v) is 18.1. The van der Waals surface area contributed by atoms with Crippen LogP contribution in [0.4, 0.5) is 0 Å². The van der Waals surface area contributed by atoms with Crippen LogP contribution in [-0.4, -0.2) is 19.8 Å². The highest BCUT2D eigenvalue weighted by Crippen LogP contribution is 2.32. The van der Waals surface area contributed by atoms with Crippen molar-refractivity contribution in [1.29, 1.82) is 0 Å². The fourth-order valence-electron chi connectivity index (χ4n) is 5.59. The molecule has 0 aliphatic heterocycles. The van der Waals surface area contributed by atoms with E-state index in [1.54, 1.807) is 0 Å². The van der Waals surface area contributed by atoms with E-state index >= 15 is 0 Å². The number of aryl methyl sites for hydroxylation is 3. The minimum absolute atomic E-state index is 0.706. The van der Waals surface area contributed by atoms with E-state index in [1.165, 1.54) is 74.5 Å². The molecular formula is C43H60O3. The van der Waals surface area contributed by atoms with Crippen molar-refractivity contribution in [2.24, 2.45) is 0 Å². The Morgan fingerprint density at radius 2 is 0.783 bits per heavy atom. The van der Waals surface area contributed by atoms with Crippen LogP contribution in [0.1, 0.15) is 137 Å². The molecule has 0 amide bonds. The van der Waals surface area contributed by atoms with Crippen molar-refractivity contribution >= 4 is 24.3 Å². The third-order valence-corrected chi connectivity index (χ3v) is 8.26. The molecule has 0 radical (unpaired) electrons. The fraction of sp³-hybridized carbons (Fsp3) is 0.488. The minimum atomic E-state index is 0.706. The third-order valence-electron chi connectivity index (χ3n) is 8.26. The summed E-state index contributed by atoms with van der Waals surface area (Å²) in [5, 5.41) is 0. The molecule has 0 atom stereocenters. The van der Waals surface area contributed by atoms with Gasteiger partial charge in [-0.2, -0.15) is 0 Å². The summed E-state index contributed by atoms with van der Waals surface area (Å²) in [6, 6.07) is 17.4. The predicted molar refractivity (Wildman–Crippen MR) is 200 cm³/mol. The van der Waals surface area contributed by atoms with Gasteiger partial charge in [-0.3, -0.25) is 0 Å². The molecule has 0 fully saturated rings. The van der Waals surface area contributed by atoms with E-state index in [0.29, 0.717) is 6.61 Å². The van der Waals surface area contributed by atoms with E-state index in [9.17, 15) is 0 Å². The van der Waals surface area contributed by atoms with Crippen LogP contribution in [0.5, 0.6) is 17.2 Å². The molecule has 3 rings (SSSR count). The second-order valence-electron chi connectivity index (χ2n) is 12.7. The maximum absolute atomic E-state index is 6.59. The summed E-state index contributed by atoms with van der Waals surface area (Å²) >= 11 is 0. The summed E-state index contributed by atoms with van der Waals surface area (Å²) in [7, 11) is 0. The Labute approximate surface area is 281 Å². The van der Waals surface area contributed by atoms with Crippen LogP contribution in [0.3, 0.4) is 0 Å². The maximum atomic E-state index is 6.59. The lowest BCUT2D eigenvalue weighted by Gasteiger charge is -2.15. The molecule has 0 saturated heterocycles. The minimum Gasteiger partial charge on any atom is -0.493 e. The van der Waals surface area contributed by atoms with Crippen LogP contribution >= 0.6 is 0 Å². The zero-order valence-corrected chi connectivity index (χ0v) is 29.8. The number of benzene rings is 3. The summed E-state index contributed by atoms with van der Waals surface area (Å²) < 4.78 is 19.1. The van der Waals surface area contributed by atoms with Crippen molar-refractivity contribution in [2.75, 3.05) is 19.8 Å². The lowest BCUT2D eigenvalue weighted by molar-refractivity contribution is 0.303. The van der Waals surface area contributed by atoms with Gasteiger partial charge in [0.1, 0.15) is 17.2 Å². The third kappa shape index (κ3) is 13.1. The lowest BCUT2D eigenvalue weighted by Crippen LogP contribution is -2.02. The molecule has 0 heterocycles. The number of rotatable bonds is 22. The van der Waals surface area contributed by atoms with Gasteiger partial charge in [0.2, 0.25) is 0 Å². The predicted octanol–water partition coefficient (Wildman–Crippen LogP) is 12.8. The smallest absolute Gasteiger partial charge is 0.133 e. The SMILES string of the molecule is CCCCCCOc1ccc(C)cc1/C=C/c1cc(C)cc(/C=C/c2cc(C)ccc2OCCCCCC)c1OCCCCCC. The Morgan fingerprint density at radius 1 is 0.413 bits per heavy atom. The van der Waals surface area contributed by atoms with Gasteiger partial charge < -0.3 is 14.2 Å². The normalized spacial score (nSPS) is 11.5. The average Bonchev–Trinajstić information content (AvgIpc) is 3.04. The standard InChI is InChI=1S/C43H60O3/c1-7-10-13-16-27-44-41-25-19-34(4)30-37(41)21-23-39-32-36(6)33-40(43(39)46-29-18-15-12-9-3)24-22-38-31-35(5)20-26-42(38)45-28-17-14-11-8-2/h19-26,30-33H,7-18,27-29H2,1-6H3/b23-21+,24-22+. The van der Waals surface area contributed by atoms with Gasteiger partial charge >= 0.3 is 0 Å². The highest BCUT2D eigenvalue weighted by atomic mass is 16.5. The maximum Gasteiger partial charge on any atom is 0.133 e. The van der Waals surface area contributed by atoms with Crippen molar-refractivity contribution in [3.63, 3.8) is 0 Å². The van der Waals surface area contributed by atoms with Crippen molar-refractivity contribution < 1.29 is 14.2 Å². The molecule has 3 aromatic carbocycles. The highest BCUT2D eigenvalue weighted by molar-refractivity contribution is 5.81. The molecule has 46 heavy (non-hydrogen) atoms. The zero-order chi connectivity index (χ0) is 33.0. The molecule has 3 heteroatoms. The van der Waals surface area contributed by atoms with Crippen LogP contribution in [0, 0.1) is 20.8 Å². The highest BCUT2D eigenvalue weighted by Gasteiger charge is 2.11. The Balaban J connectivity index is 1.92. The first-order valence-electron chi connectivity index (χ1n) is 18.1. The lowest BCUT2D eigenvalue weighted by atomic mass is 10.0. The van der Waals surface area contributed by atoms with Crippen LogP contribution in [-0.2, 0) is 0 Å². The monoisotopic (exact) mass is 624 g/mol. The summed E-state index contributed by atoms with van der Waals surface area (Å²) in [5.41, 5.74) is 8.02. The summed E-state index contributed by atoms with van der Waals surface area (Å²) in [6.45, 7) is 15.4.